The number of nitrogens with one attached hydrogen (secondary N) is 2. The minimum Gasteiger partial charge on any atom is -0.493 e. The van der Waals surface area contributed by atoms with Gasteiger partial charge in [-0.25, -0.2) is 4.79 Å². The normalized spacial score (nSPS) is 9.96. The Kier molecular flexibility index (Phi) is 6.84. The van der Waals surface area contributed by atoms with Crippen LogP contribution in [0.1, 0.15) is 22.8 Å². The topological polar surface area (TPSA) is 85.9 Å². The maximum atomic E-state index is 12.3. The number of benzene rings is 2. The van der Waals surface area contributed by atoms with Crippen LogP contribution in [-0.4, -0.2) is 32.8 Å². The van der Waals surface area contributed by atoms with Crippen LogP contribution in [0.3, 0.4) is 0 Å². The summed E-state index contributed by atoms with van der Waals surface area (Å²) in [5.74, 6) is 0.965. The van der Waals surface area contributed by atoms with Crippen LogP contribution >= 0.6 is 0 Å². The molecule has 138 valence electrons. The molecule has 0 fully saturated rings. The lowest BCUT2D eigenvalue weighted by Gasteiger charge is -2.11. The Labute approximate surface area is 152 Å². The van der Waals surface area contributed by atoms with Crippen molar-refractivity contribution in [1.29, 1.82) is 0 Å². The second-order valence-corrected chi connectivity index (χ2v) is 5.30. The quantitative estimate of drug-likeness (QED) is 0.794. The van der Waals surface area contributed by atoms with Gasteiger partial charge in [-0.2, -0.15) is 0 Å². The SMILES string of the molecule is CCOC(=O)Nc1cccc(C(=O)NCc2ccc(OC)c(OC)c2)c1. The van der Waals surface area contributed by atoms with Crippen LogP contribution in [0, 0.1) is 0 Å². The van der Waals surface area contributed by atoms with E-state index in [9.17, 15) is 9.59 Å². The molecule has 2 aromatic rings. The molecule has 0 radical (unpaired) electrons. The van der Waals surface area contributed by atoms with Crippen molar-refractivity contribution < 1.29 is 23.8 Å². The summed E-state index contributed by atoms with van der Waals surface area (Å²) in [5.41, 5.74) is 1.79. The van der Waals surface area contributed by atoms with Gasteiger partial charge in [0.15, 0.2) is 11.5 Å². The maximum absolute atomic E-state index is 12.3. The Morgan fingerprint density at radius 1 is 1.00 bits per heavy atom. The van der Waals surface area contributed by atoms with Crippen molar-refractivity contribution in [2.75, 3.05) is 26.1 Å². The van der Waals surface area contributed by atoms with E-state index in [0.717, 1.165) is 5.56 Å². The van der Waals surface area contributed by atoms with Gasteiger partial charge in [-0.15, -0.1) is 0 Å². The highest BCUT2D eigenvalue weighted by Gasteiger charge is 2.09. The Morgan fingerprint density at radius 2 is 1.77 bits per heavy atom. The van der Waals surface area contributed by atoms with Crippen molar-refractivity contribution >= 4 is 17.7 Å². The average molecular weight is 358 g/mol. The molecule has 2 N–H and O–H groups in total. The van der Waals surface area contributed by atoms with E-state index in [2.05, 4.69) is 10.6 Å². The second kappa shape index (κ2) is 9.31. The van der Waals surface area contributed by atoms with Crippen LogP contribution in [0.15, 0.2) is 42.5 Å². The van der Waals surface area contributed by atoms with Crippen LogP contribution in [0.2, 0.25) is 0 Å². The summed E-state index contributed by atoms with van der Waals surface area (Å²) in [5, 5.41) is 5.40. The maximum Gasteiger partial charge on any atom is 0.411 e. The third kappa shape index (κ3) is 5.14. The van der Waals surface area contributed by atoms with Gasteiger partial charge < -0.3 is 19.5 Å². The highest BCUT2D eigenvalue weighted by atomic mass is 16.5. The number of carbonyl (C=O) groups is 2. The van der Waals surface area contributed by atoms with Gasteiger partial charge in [0.05, 0.1) is 20.8 Å². The predicted octanol–water partition coefficient (Wildman–Crippen LogP) is 3.20. The summed E-state index contributed by atoms with van der Waals surface area (Å²) in [4.78, 5) is 23.8. The largest absolute Gasteiger partial charge is 0.493 e. The lowest BCUT2D eigenvalue weighted by atomic mass is 10.1. The monoisotopic (exact) mass is 358 g/mol. The van der Waals surface area contributed by atoms with E-state index in [4.69, 9.17) is 14.2 Å². The Hall–Kier alpha value is -3.22. The van der Waals surface area contributed by atoms with Crippen molar-refractivity contribution in [3.63, 3.8) is 0 Å². The first kappa shape index (κ1) is 19.1. The van der Waals surface area contributed by atoms with E-state index in [1.54, 1.807) is 57.5 Å². The van der Waals surface area contributed by atoms with Crippen molar-refractivity contribution in [3.8, 4) is 11.5 Å². The van der Waals surface area contributed by atoms with Gasteiger partial charge in [0, 0.05) is 17.8 Å². The van der Waals surface area contributed by atoms with E-state index < -0.39 is 6.09 Å². The van der Waals surface area contributed by atoms with Crippen molar-refractivity contribution in [2.45, 2.75) is 13.5 Å². The van der Waals surface area contributed by atoms with E-state index in [0.29, 0.717) is 29.3 Å². The Morgan fingerprint density at radius 3 is 2.46 bits per heavy atom. The zero-order valence-electron chi connectivity index (χ0n) is 15.0. The number of amides is 2. The van der Waals surface area contributed by atoms with Gasteiger partial charge in [0.1, 0.15) is 0 Å². The molecule has 0 saturated heterocycles. The molecule has 0 heterocycles. The predicted molar refractivity (Wildman–Crippen MR) is 97.8 cm³/mol. The summed E-state index contributed by atoms with van der Waals surface area (Å²) in [6, 6.07) is 12.1. The van der Waals surface area contributed by atoms with Crippen LogP contribution in [0.25, 0.3) is 0 Å². The molecule has 0 spiro atoms. The first-order chi connectivity index (χ1) is 12.6. The number of rotatable bonds is 7. The summed E-state index contributed by atoms with van der Waals surface area (Å²) >= 11 is 0. The molecule has 0 aliphatic heterocycles. The molecule has 2 amide bonds. The lowest BCUT2D eigenvalue weighted by Crippen LogP contribution is -2.23. The fraction of sp³-hybridized carbons (Fsp3) is 0.263. The Balaban J connectivity index is 2.00. The minimum absolute atomic E-state index is 0.257. The second-order valence-electron chi connectivity index (χ2n) is 5.30. The van der Waals surface area contributed by atoms with Gasteiger partial charge in [-0.3, -0.25) is 10.1 Å². The average Bonchev–Trinajstić information content (AvgIpc) is 2.66. The van der Waals surface area contributed by atoms with E-state index in [1.807, 2.05) is 6.07 Å². The molecule has 7 nitrogen and oxygen atoms in total. The van der Waals surface area contributed by atoms with Crippen LogP contribution in [-0.2, 0) is 11.3 Å². The van der Waals surface area contributed by atoms with Crippen molar-refractivity contribution in [2.24, 2.45) is 0 Å². The zero-order chi connectivity index (χ0) is 18.9. The summed E-state index contributed by atoms with van der Waals surface area (Å²) in [6.07, 6.45) is -0.560. The van der Waals surface area contributed by atoms with E-state index in [1.165, 1.54) is 0 Å². The first-order valence-corrected chi connectivity index (χ1v) is 8.10. The van der Waals surface area contributed by atoms with Crippen LogP contribution < -0.4 is 20.1 Å². The summed E-state index contributed by atoms with van der Waals surface area (Å²) in [7, 11) is 3.12. The molecule has 26 heavy (non-hydrogen) atoms. The summed E-state index contributed by atoms with van der Waals surface area (Å²) in [6.45, 7) is 2.32. The molecular formula is C19H22N2O5. The Bertz CT molecular complexity index is 776. The van der Waals surface area contributed by atoms with Crippen molar-refractivity contribution in [3.05, 3.63) is 53.6 Å². The number of ether oxygens (including phenoxy) is 3. The third-order valence-electron chi connectivity index (χ3n) is 3.55. The molecule has 0 aromatic heterocycles. The summed E-state index contributed by atoms with van der Waals surface area (Å²) < 4.78 is 15.3. The van der Waals surface area contributed by atoms with E-state index >= 15 is 0 Å². The van der Waals surface area contributed by atoms with Gasteiger partial charge in [-0.05, 0) is 42.8 Å². The highest BCUT2D eigenvalue weighted by molar-refractivity contribution is 5.96. The van der Waals surface area contributed by atoms with Crippen LogP contribution in [0.4, 0.5) is 10.5 Å². The number of methoxy groups -OCH3 is 2. The molecule has 2 rings (SSSR count). The number of hydrogen-bond acceptors (Lipinski definition) is 5. The molecular weight excluding hydrogens is 336 g/mol. The fourth-order valence-electron chi connectivity index (χ4n) is 2.30. The zero-order valence-corrected chi connectivity index (χ0v) is 15.0. The smallest absolute Gasteiger partial charge is 0.411 e. The van der Waals surface area contributed by atoms with Crippen LogP contribution in [0.5, 0.6) is 11.5 Å². The first-order valence-electron chi connectivity index (χ1n) is 8.10. The lowest BCUT2D eigenvalue weighted by molar-refractivity contribution is 0.0950. The standard InChI is InChI=1S/C19H22N2O5/c1-4-26-19(23)21-15-7-5-6-14(11-15)18(22)20-12-13-8-9-16(24-2)17(10-13)25-3/h5-11H,4,12H2,1-3H3,(H,20,22)(H,21,23). The highest BCUT2D eigenvalue weighted by Crippen LogP contribution is 2.27. The van der Waals surface area contributed by atoms with Gasteiger partial charge in [-0.1, -0.05) is 12.1 Å². The molecule has 0 atom stereocenters. The van der Waals surface area contributed by atoms with E-state index in [-0.39, 0.29) is 12.5 Å². The molecule has 0 saturated carbocycles. The van der Waals surface area contributed by atoms with Gasteiger partial charge in [0.2, 0.25) is 0 Å². The molecule has 0 aliphatic rings. The number of carbonyl (C=O) groups excluding carboxylic acids is 2. The molecule has 7 heteroatoms. The molecule has 0 unspecified atom stereocenters. The molecule has 0 bridgehead atoms. The van der Waals surface area contributed by atoms with Crippen molar-refractivity contribution in [1.82, 2.24) is 5.32 Å². The molecule has 0 aliphatic carbocycles. The minimum atomic E-state index is -0.560. The third-order valence-corrected chi connectivity index (χ3v) is 3.55. The van der Waals surface area contributed by atoms with Gasteiger partial charge in [0.25, 0.3) is 5.91 Å². The number of hydrogen-bond donors (Lipinski definition) is 2. The molecule has 2 aromatic carbocycles. The fourth-order valence-corrected chi connectivity index (χ4v) is 2.30. The number of anilines is 1. The van der Waals surface area contributed by atoms with Gasteiger partial charge >= 0.3 is 6.09 Å².